The lowest BCUT2D eigenvalue weighted by molar-refractivity contribution is -0.143. The van der Waals surface area contributed by atoms with Crippen LogP contribution in [-0.4, -0.2) is 27.7 Å². The Morgan fingerprint density at radius 3 is 2.00 bits per heavy atom. The van der Waals surface area contributed by atoms with Gasteiger partial charge in [-0.2, -0.15) is 0 Å². The van der Waals surface area contributed by atoms with E-state index in [0.717, 1.165) is 0 Å². The third-order valence-electron chi connectivity index (χ3n) is 2.13. The van der Waals surface area contributed by atoms with Gasteiger partial charge in [-0.1, -0.05) is 6.92 Å². The van der Waals surface area contributed by atoms with Crippen LogP contribution >= 0.6 is 0 Å². The maximum atomic E-state index is 10.8. The molecule has 0 aliphatic rings. The number of allylic oxidation sites excluding steroid dienone is 1. The molecular weight excluding hydrogens is 198 g/mol. The maximum Gasteiger partial charge on any atom is 0.333 e. The molecule has 0 unspecified atom stereocenters. The second-order valence-corrected chi connectivity index (χ2v) is 3.82. The monoisotopic (exact) mass is 215 g/mol. The first-order valence-electron chi connectivity index (χ1n) is 4.67. The minimum atomic E-state index is -1.16. The van der Waals surface area contributed by atoms with E-state index in [1.165, 1.54) is 20.8 Å². The largest absolute Gasteiger partial charge is 0.480 e. The molecule has 0 radical (unpaired) electrons. The van der Waals surface area contributed by atoms with E-state index in [1.54, 1.807) is 6.92 Å². The van der Waals surface area contributed by atoms with Crippen LogP contribution in [0.1, 0.15) is 34.1 Å². The average Bonchev–Trinajstić information content (AvgIpc) is 2.12. The fourth-order valence-electron chi connectivity index (χ4n) is 1.01. The molecule has 86 valence electrons. The van der Waals surface area contributed by atoms with Gasteiger partial charge < -0.3 is 15.5 Å². The van der Waals surface area contributed by atoms with Crippen molar-refractivity contribution in [3.05, 3.63) is 11.3 Å². The molecule has 0 aromatic carbocycles. The molecule has 0 aromatic heterocycles. The summed E-state index contributed by atoms with van der Waals surface area (Å²) in [7, 11) is 0. The van der Waals surface area contributed by atoms with Crippen LogP contribution in [0.25, 0.3) is 0 Å². The van der Waals surface area contributed by atoms with Crippen LogP contribution in [0.2, 0.25) is 0 Å². The Hall–Kier alpha value is -1.52. The third-order valence-corrected chi connectivity index (χ3v) is 2.13. The van der Waals surface area contributed by atoms with Gasteiger partial charge in [0.2, 0.25) is 0 Å². The van der Waals surface area contributed by atoms with Crippen molar-refractivity contribution in [2.75, 3.05) is 0 Å². The highest BCUT2D eigenvalue weighted by Crippen LogP contribution is 2.12. The van der Waals surface area contributed by atoms with Crippen molar-refractivity contribution in [3.8, 4) is 0 Å². The fourth-order valence-corrected chi connectivity index (χ4v) is 1.01. The highest BCUT2D eigenvalue weighted by Gasteiger charge is 2.28. The number of hydrogen-bond acceptors (Lipinski definition) is 3. The van der Waals surface area contributed by atoms with E-state index in [4.69, 9.17) is 10.2 Å². The zero-order valence-electron chi connectivity index (χ0n) is 9.42. The quantitative estimate of drug-likeness (QED) is 0.600. The Kier molecular flexibility index (Phi) is 4.33. The molecule has 0 bridgehead atoms. The first-order chi connectivity index (χ1) is 6.72. The summed E-state index contributed by atoms with van der Waals surface area (Å²) < 4.78 is 0. The SMILES string of the molecule is CC/C(NC(C)(C)C(=O)O)=C(/C)C(=O)O. The Bertz CT molecular complexity index is 305. The molecule has 0 amide bonds. The topological polar surface area (TPSA) is 86.6 Å². The number of rotatable bonds is 5. The van der Waals surface area contributed by atoms with Crippen molar-refractivity contribution in [2.45, 2.75) is 39.7 Å². The first-order valence-corrected chi connectivity index (χ1v) is 4.67. The van der Waals surface area contributed by atoms with Crippen molar-refractivity contribution < 1.29 is 19.8 Å². The molecule has 0 aliphatic heterocycles. The number of nitrogens with one attached hydrogen (secondary N) is 1. The van der Waals surface area contributed by atoms with E-state index < -0.39 is 17.5 Å². The van der Waals surface area contributed by atoms with E-state index in [2.05, 4.69) is 5.32 Å². The molecule has 3 N–H and O–H groups in total. The Morgan fingerprint density at radius 2 is 1.73 bits per heavy atom. The summed E-state index contributed by atoms with van der Waals surface area (Å²) >= 11 is 0. The van der Waals surface area contributed by atoms with Gasteiger partial charge in [-0.25, -0.2) is 9.59 Å². The number of carbonyl (C=O) groups is 2. The number of carboxylic acid groups (broad SMARTS) is 2. The summed E-state index contributed by atoms with van der Waals surface area (Å²) in [4.78, 5) is 21.5. The van der Waals surface area contributed by atoms with Gasteiger partial charge in [0.05, 0.1) is 5.57 Å². The van der Waals surface area contributed by atoms with Crippen LogP contribution < -0.4 is 5.32 Å². The Labute approximate surface area is 88.8 Å². The van der Waals surface area contributed by atoms with Crippen LogP contribution in [0, 0.1) is 0 Å². The van der Waals surface area contributed by atoms with Crippen molar-refractivity contribution in [1.29, 1.82) is 0 Å². The van der Waals surface area contributed by atoms with E-state index in [0.29, 0.717) is 12.1 Å². The van der Waals surface area contributed by atoms with Gasteiger partial charge in [0, 0.05) is 5.70 Å². The van der Waals surface area contributed by atoms with Crippen molar-refractivity contribution in [3.63, 3.8) is 0 Å². The van der Waals surface area contributed by atoms with Crippen molar-refractivity contribution >= 4 is 11.9 Å². The van der Waals surface area contributed by atoms with Crippen molar-refractivity contribution in [2.24, 2.45) is 0 Å². The summed E-state index contributed by atoms with van der Waals surface area (Å²) in [6.45, 7) is 6.19. The molecule has 0 spiro atoms. The smallest absolute Gasteiger partial charge is 0.333 e. The lowest BCUT2D eigenvalue weighted by atomic mass is 10.0. The minimum Gasteiger partial charge on any atom is -0.480 e. The van der Waals surface area contributed by atoms with Crippen LogP contribution in [0.15, 0.2) is 11.3 Å². The molecule has 0 rings (SSSR count). The maximum absolute atomic E-state index is 10.8. The zero-order valence-corrected chi connectivity index (χ0v) is 9.42. The zero-order chi connectivity index (χ0) is 12.2. The van der Waals surface area contributed by atoms with Crippen LogP contribution in [0.3, 0.4) is 0 Å². The normalized spacial score (nSPS) is 13.1. The molecule has 5 heteroatoms. The minimum absolute atomic E-state index is 0.145. The van der Waals surface area contributed by atoms with Gasteiger partial charge in [0.15, 0.2) is 0 Å². The van der Waals surface area contributed by atoms with Gasteiger partial charge in [-0.15, -0.1) is 0 Å². The predicted octanol–water partition coefficient (Wildman–Crippen LogP) is 1.21. The Morgan fingerprint density at radius 1 is 1.27 bits per heavy atom. The predicted molar refractivity (Wildman–Crippen MR) is 55.5 cm³/mol. The molecular formula is C10H17NO4. The van der Waals surface area contributed by atoms with Crippen LogP contribution in [0.4, 0.5) is 0 Å². The summed E-state index contributed by atoms with van der Waals surface area (Å²) in [5.41, 5.74) is -0.580. The summed E-state index contributed by atoms with van der Waals surface area (Å²) in [6, 6.07) is 0. The Balaban J connectivity index is 4.98. The van der Waals surface area contributed by atoms with E-state index in [9.17, 15) is 9.59 Å². The molecule has 0 saturated carbocycles. The second-order valence-electron chi connectivity index (χ2n) is 3.82. The number of aliphatic carboxylic acids is 2. The summed E-state index contributed by atoms with van der Waals surface area (Å²) in [5, 5.41) is 20.4. The van der Waals surface area contributed by atoms with Crippen molar-refractivity contribution in [1.82, 2.24) is 5.32 Å². The van der Waals surface area contributed by atoms with E-state index >= 15 is 0 Å². The fraction of sp³-hybridized carbons (Fsp3) is 0.600. The third kappa shape index (κ3) is 3.61. The van der Waals surface area contributed by atoms with Crippen LogP contribution in [-0.2, 0) is 9.59 Å². The first kappa shape index (κ1) is 13.5. The lowest BCUT2D eigenvalue weighted by Crippen LogP contribution is -2.46. The number of hydrogen-bond donors (Lipinski definition) is 3. The molecule has 0 fully saturated rings. The summed E-state index contributed by atoms with van der Waals surface area (Å²) in [5.74, 6) is -2.06. The second kappa shape index (κ2) is 4.82. The summed E-state index contributed by atoms with van der Waals surface area (Å²) in [6.07, 6.45) is 0.453. The molecule has 0 aromatic rings. The van der Waals surface area contributed by atoms with Crippen LogP contribution in [0.5, 0.6) is 0 Å². The molecule has 15 heavy (non-hydrogen) atoms. The lowest BCUT2D eigenvalue weighted by Gasteiger charge is -2.24. The van der Waals surface area contributed by atoms with Gasteiger partial charge in [0.25, 0.3) is 0 Å². The average molecular weight is 215 g/mol. The highest BCUT2D eigenvalue weighted by atomic mass is 16.4. The molecule has 0 saturated heterocycles. The van der Waals surface area contributed by atoms with Gasteiger partial charge in [-0.05, 0) is 27.2 Å². The van der Waals surface area contributed by atoms with Gasteiger partial charge in [-0.3, -0.25) is 0 Å². The molecule has 0 heterocycles. The molecule has 0 atom stereocenters. The number of carboxylic acids is 2. The van der Waals surface area contributed by atoms with E-state index in [1.807, 2.05) is 0 Å². The standard InChI is InChI=1S/C10H17NO4/c1-5-7(6(2)8(12)13)11-10(3,4)9(14)15/h11H,5H2,1-4H3,(H,12,13)(H,14,15)/b7-6+. The highest BCUT2D eigenvalue weighted by molar-refractivity contribution is 5.87. The molecule has 0 aliphatic carbocycles. The van der Waals surface area contributed by atoms with E-state index in [-0.39, 0.29) is 5.57 Å². The van der Waals surface area contributed by atoms with Gasteiger partial charge in [0.1, 0.15) is 5.54 Å². The molecule has 5 nitrogen and oxygen atoms in total. The van der Waals surface area contributed by atoms with Gasteiger partial charge >= 0.3 is 11.9 Å².